The number of fused-ring (bicyclic) bond motifs is 2. The Kier molecular flexibility index (Phi) is 9.37. The highest BCUT2D eigenvalue weighted by molar-refractivity contribution is 6.11. The van der Waals surface area contributed by atoms with Crippen LogP contribution in [0.3, 0.4) is 0 Å². The van der Waals surface area contributed by atoms with Gasteiger partial charge in [-0.15, -0.1) is 0 Å². The van der Waals surface area contributed by atoms with Gasteiger partial charge in [0.15, 0.2) is 5.78 Å². The van der Waals surface area contributed by atoms with E-state index in [1.165, 1.54) is 0 Å². The molecule has 2 aromatic rings. The highest BCUT2D eigenvalue weighted by Gasteiger charge is 2.44. The van der Waals surface area contributed by atoms with E-state index in [1.54, 1.807) is 26.0 Å². The molecule has 0 radical (unpaired) electrons. The normalized spacial score (nSPS) is 21.0. The van der Waals surface area contributed by atoms with Gasteiger partial charge in [-0.1, -0.05) is 39.8 Å². The lowest BCUT2D eigenvalue weighted by atomic mass is 9.82. The van der Waals surface area contributed by atoms with Gasteiger partial charge in [-0.3, -0.25) is 4.79 Å². The minimum absolute atomic E-state index is 0.0173. The lowest BCUT2D eigenvalue weighted by Crippen LogP contribution is -2.26. The van der Waals surface area contributed by atoms with Crippen LogP contribution in [-0.4, -0.2) is 54.2 Å². The van der Waals surface area contributed by atoms with Crippen molar-refractivity contribution in [1.82, 2.24) is 0 Å². The highest BCUT2D eigenvalue weighted by Crippen LogP contribution is 2.54. The Morgan fingerprint density at radius 2 is 1.06 bits per heavy atom. The Bertz CT molecular complexity index is 1680. The monoisotopic (exact) mass is 654 g/mol. The number of phenolic OH excluding ortho intramolecular Hbond substituents is 2. The number of phenols is 2. The highest BCUT2D eigenvalue weighted by atomic mass is 16.5. The van der Waals surface area contributed by atoms with Crippen LogP contribution in [0.5, 0.6) is 11.5 Å². The van der Waals surface area contributed by atoms with Crippen molar-refractivity contribution in [1.29, 1.82) is 0 Å². The van der Waals surface area contributed by atoms with E-state index in [0.29, 0.717) is 48.2 Å². The summed E-state index contributed by atoms with van der Waals surface area (Å²) >= 11 is 0. The first-order valence-corrected chi connectivity index (χ1v) is 16.8. The Labute approximate surface area is 282 Å². The van der Waals surface area contributed by atoms with Crippen molar-refractivity contribution < 1.29 is 34.1 Å². The quantitative estimate of drug-likeness (QED) is 0.222. The van der Waals surface area contributed by atoms with Gasteiger partial charge in [-0.2, -0.15) is 0 Å². The fourth-order valence-electron chi connectivity index (χ4n) is 7.44. The number of rotatable bonds is 8. The molecule has 2 aromatic carbocycles. The maximum absolute atomic E-state index is 13.6. The predicted molar refractivity (Wildman–Crippen MR) is 187 cm³/mol. The molecule has 1 saturated carbocycles. The summed E-state index contributed by atoms with van der Waals surface area (Å²) in [5, 5.41) is 22.4. The topological polar surface area (TPSA) is 117 Å². The van der Waals surface area contributed by atoms with E-state index in [4.69, 9.17) is 9.47 Å². The van der Waals surface area contributed by atoms with Gasteiger partial charge in [0.05, 0.1) is 13.2 Å². The molecule has 1 aliphatic carbocycles. The first kappa shape index (κ1) is 34.5. The molecule has 2 N–H and O–H groups in total. The van der Waals surface area contributed by atoms with E-state index < -0.39 is 22.8 Å². The van der Waals surface area contributed by atoms with E-state index in [9.17, 15) is 24.6 Å². The van der Waals surface area contributed by atoms with Gasteiger partial charge in [0.1, 0.15) is 22.6 Å². The number of likely N-dealkylation sites (N-methyl/N-ethyl adjacent to an activating group) is 2. The van der Waals surface area contributed by atoms with Gasteiger partial charge < -0.3 is 29.5 Å². The van der Waals surface area contributed by atoms with Crippen molar-refractivity contribution in [3.8, 4) is 11.5 Å². The van der Waals surface area contributed by atoms with E-state index in [2.05, 4.69) is 9.80 Å². The number of carbonyl (C=O) groups is 3. The number of anilines is 2. The SMILES string of the molecule is CCOC(=O)c1ccc2c(c1O)C(C)(C)/C(=C\C=C1/CC/C(=C\C=C3\N(CC)c4ccc(C(=O)OCC)c(O)c4C3(C)C)C1=O)N2CC. The number of Topliss-reactive ketones (excluding diaryl/α,β-unsaturated/α-hetero) is 1. The van der Waals surface area contributed by atoms with E-state index in [1.807, 2.05) is 78.0 Å². The summed E-state index contributed by atoms with van der Waals surface area (Å²) in [4.78, 5) is 42.9. The van der Waals surface area contributed by atoms with Crippen LogP contribution >= 0.6 is 0 Å². The van der Waals surface area contributed by atoms with E-state index >= 15 is 0 Å². The number of nitrogens with zero attached hydrogens (tertiary/aromatic N) is 2. The van der Waals surface area contributed by atoms with Crippen molar-refractivity contribution in [2.45, 2.75) is 79.1 Å². The van der Waals surface area contributed by atoms with E-state index in [0.717, 1.165) is 22.8 Å². The molecule has 9 heteroatoms. The van der Waals surface area contributed by atoms with Gasteiger partial charge in [-0.25, -0.2) is 9.59 Å². The standard InChI is InChI=1S/C39H46N2O7/c1-9-40-27-19-17-25(36(45)47-11-3)34(43)31(27)38(5,6)29(40)21-15-23-13-14-24(33(23)42)16-22-30-39(7,8)32-28(41(30)10-2)20-18-26(35(32)44)37(46)48-12-4/h15-22,43-44H,9-14H2,1-8H3/b23-15+,24-16+,29-21+,30-22+. The number of carbonyl (C=O) groups excluding carboxylic acids is 3. The summed E-state index contributed by atoms with van der Waals surface area (Å²) < 4.78 is 10.3. The Morgan fingerprint density at radius 1 is 0.688 bits per heavy atom. The molecular formula is C39H46N2O7. The van der Waals surface area contributed by atoms with Crippen LogP contribution in [-0.2, 0) is 25.1 Å². The fraction of sp³-hybridized carbons (Fsp3) is 0.410. The zero-order chi connectivity index (χ0) is 35.1. The second-order valence-corrected chi connectivity index (χ2v) is 13.2. The van der Waals surface area contributed by atoms with E-state index in [-0.39, 0.29) is 41.6 Å². The molecule has 0 aromatic heterocycles. The molecular weight excluding hydrogens is 608 g/mol. The van der Waals surface area contributed by atoms with Gasteiger partial charge in [0, 0.05) is 69.0 Å². The molecule has 1 fully saturated rings. The molecule has 9 nitrogen and oxygen atoms in total. The lowest BCUT2D eigenvalue weighted by Gasteiger charge is -2.26. The first-order chi connectivity index (χ1) is 22.8. The molecule has 0 atom stereocenters. The Hall–Kier alpha value is -4.79. The molecule has 0 bridgehead atoms. The summed E-state index contributed by atoms with van der Waals surface area (Å²) in [6, 6.07) is 6.89. The summed E-state index contributed by atoms with van der Waals surface area (Å²) in [6.45, 7) is 17.2. The minimum Gasteiger partial charge on any atom is -0.507 e. The largest absolute Gasteiger partial charge is 0.507 e. The second kappa shape index (κ2) is 13.0. The predicted octanol–water partition coefficient (Wildman–Crippen LogP) is 7.37. The average molecular weight is 655 g/mol. The molecule has 5 rings (SSSR count). The third-order valence-electron chi connectivity index (χ3n) is 9.76. The number of hydrogen-bond acceptors (Lipinski definition) is 9. The number of ether oxygens (including phenoxy) is 2. The Balaban J connectivity index is 1.45. The van der Waals surface area contributed by atoms with Gasteiger partial charge in [-0.05, 0) is 77.0 Å². The molecule has 2 heterocycles. The number of ketones is 1. The summed E-state index contributed by atoms with van der Waals surface area (Å²) in [5.41, 5.74) is 5.20. The van der Waals surface area contributed by atoms with Gasteiger partial charge >= 0.3 is 11.9 Å². The zero-order valence-electron chi connectivity index (χ0n) is 29.2. The smallest absolute Gasteiger partial charge is 0.341 e. The third-order valence-corrected chi connectivity index (χ3v) is 9.76. The third kappa shape index (κ3) is 5.49. The molecule has 0 saturated heterocycles. The average Bonchev–Trinajstić information content (AvgIpc) is 3.58. The summed E-state index contributed by atoms with van der Waals surface area (Å²) in [6.07, 6.45) is 8.88. The first-order valence-electron chi connectivity index (χ1n) is 16.8. The van der Waals surface area contributed by atoms with Crippen LogP contribution in [0.1, 0.15) is 100 Å². The van der Waals surface area contributed by atoms with Gasteiger partial charge in [0.25, 0.3) is 0 Å². The zero-order valence-corrected chi connectivity index (χ0v) is 29.2. The summed E-state index contributed by atoms with van der Waals surface area (Å²) in [5.74, 6) is -1.30. The second-order valence-electron chi connectivity index (χ2n) is 13.2. The van der Waals surface area contributed by atoms with Gasteiger partial charge in [0.2, 0.25) is 0 Å². The molecule has 3 aliphatic rings. The van der Waals surface area contributed by atoms with Crippen LogP contribution in [0.15, 0.2) is 71.1 Å². The fourth-order valence-corrected chi connectivity index (χ4v) is 7.44. The molecule has 48 heavy (non-hydrogen) atoms. The maximum atomic E-state index is 13.6. The van der Waals surface area contributed by atoms with Crippen LogP contribution in [0.2, 0.25) is 0 Å². The van der Waals surface area contributed by atoms with Crippen LogP contribution in [0.4, 0.5) is 11.4 Å². The number of allylic oxidation sites excluding steroid dienone is 8. The van der Waals surface area contributed by atoms with Crippen molar-refractivity contribution in [3.05, 3.63) is 93.4 Å². The number of hydrogen-bond donors (Lipinski definition) is 2. The molecule has 0 unspecified atom stereocenters. The molecule has 0 amide bonds. The van der Waals surface area contributed by atoms with Crippen molar-refractivity contribution in [3.63, 3.8) is 0 Å². The molecule has 2 aliphatic heterocycles. The molecule has 0 spiro atoms. The molecule has 254 valence electrons. The van der Waals surface area contributed by atoms with Crippen molar-refractivity contribution in [2.75, 3.05) is 36.1 Å². The number of aromatic hydroxyl groups is 2. The van der Waals surface area contributed by atoms with Crippen LogP contribution in [0.25, 0.3) is 0 Å². The summed E-state index contributed by atoms with van der Waals surface area (Å²) in [7, 11) is 0. The Morgan fingerprint density at radius 3 is 1.40 bits per heavy atom. The van der Waals surface area contributed by atoms with Crippen molar-refractivity contribution in [2.24, 2.45) is 0 Å². The number of benzene rings is 2. The minimum atomic E-state index is -0.634. The van der Waals surface area contributed by atoms with Crippen LogP contribution in [0, 0.1) is 0 Å². The lowest BCUT2D eigenvalue weighted by molar-refractivity contribution is -0.111. The number of esters is 2. The van der Waals surface area contributed by atoms with Crippen molar-refractivity contribution >= 4 is 29.1 Å². The maximum Gasteiger partial charge on any atom is 0.341 e. The van der Waals surface area contributed by atoms with Crippen LogP contribution < -0.4 is 9.80 Å².